The number of phosphoric ester groups is 2. The monoisotopic (exact) mass is 709 g/mol. The number of ether oxygens (including phenoxy) is 2. The fourth-order valence-electron chi connectivity index (χ4n) is 4.62. The van der Waals surface area contributed by atoms with Crippen molar-refractivity contribution in [1.82, 2.24) is 14.9 Å². The molecule has 2 saturated heterocycles. The third-order valence-electron chi connectivity index (χ3n) is 6.81. The van der Waals surface area contributed by atoms with Gasteiger partial charge in [-0.3, -0.25) is 23.7 Å². The fourth-order valence-corrected chi connectivity index (χ4v) is 6.89. The molecule has 0 saturated carbocycles. The molecule has 11 N–H and O–H groups in total. The van der Waals surface area contributed by atoms with Crippen LogP contribution in [0.15, 0.2) is 15.8 Å². The van der Waals surface area contributed by atoms with Gasteiger partial charge in [0.05, 0.1) is 25.4 Å². The Bertz CT molecular complexity index is 1500. The molecule has 0 aliphatic carbocycles. The quantitative estimate of drug-likeness (QED) is 0.0853. The van der Waals surface area contributed by atoms with Crippen LogP contribution in [0.3, 0.4) is 0 Å². The van der Waals surface area contributed by atoms with Crippen LogP contribution < -0.4 is 16.6 Å². The van der Waals surface area contributed by atoms with Gasteiger partial charge >= 0.3 is 27.3 Å². The lowest BCUT2D eigenvalue weighted by molar-refractivity contribution is -0.288. The first-order valence-electron chi connectivity index (χ1n) is 13.0. The molecular weight excluding hydrogens is 676 g/mol. The molecule has 46 heavy (non-hydrogen) atoms. The van der Waals surface area contributed by atoms with Crippen LogP contribution >= 0.6 is 15.6 Å². The number of nitrogens with zero attached hydrogens (tertiary/aromatic N) is 1. The SMILES string of the molecule is CC(=O)N[C@H]1[C@H]([C@H](O)[C@H](O)CO)OC(OP(=O)(O)OP(=O)(O)OC[C@H]2O[C@@H](n3cc(C)c(=O)[nH]c3=O)[C@H](O)[C@@H]2O)(C(=O)O)C[C@@H]1O. The molecule has 0 spiro atoms. The number of rotatable bonds is 13. The van der Waals surface area contributed by atoms with E-state index in [1.165, 1.54) is 6.92 Å². The van der Waals surface area contributed by atoms with Crippen molar-refractivity contribution in [2.24, 2.45) is 0 Å². The predicted octanol–water partition coefficient (Wildman–Crippen LogP) is -5.14. The van der Waals surface area contributed by atoms with Gasteiger partial charge in [0.25, 0.3) is 11.3 Å². The van der Waals surface area contributed by atoms with Crippen LogP contribution in [0.25, 0.3) is 0 Å². The van der Waals surface area contributed by atoms with E-state index in [1.807, 2.05) is 4.98 Å². The van der Waals surface area contributed by atoms with E-state index in [0.29, 0.717) is 4.57 Å². The number of amides is 1. The number of phosphoric acid groups is 2. The third kappa shape index (κ3) is 8.52. The fraction of sp³-hybridized carbons (Fsp3) is 0.714. The van der Waals surface area contributed by atoms with Crippen LogP contribution in [0.4, 0.5) is 0 Å². The van der Waals surface area contributed by atoms with E-state index in [-0.39, 0.29) is 5.56 Å². The maximum absolute atomic E-state index is 12.8. The number of aliphatic hydroxyl groups excluding tert-OH is 6. The Kier molecular flexibility index (Phi) is 11.9. The Morgan fingerprint density at radius 3 is 2.37 bits per heavy atom. The molecule has 3 heterocycles. The maximum Gasteiger partial charge on any atom is 0.484 e. The standard InChI is InChI=1S/C21H33N3O20P2/c1-7-4-24(20(35)23-17(7)32)18-15(31)14(30)11(41-18)6-40-45(36,37)44-46(38,39)43-21(19(33)34)3-9(27)12(22-8(2)26)16(42-21)13(29)10(28)5-25/h4,9-16,18,25,27-31H,3,5-6H2,1-2H3,(H,22,26)(H,33,34)(H,36,37)(H,38,39)(H,23,32,35)/t9-,10+,11+,12+,13+,14+,15+,16+,18+,21?/m0/s1. The number of aromatic amines is 1. The van der Waals surface area contributed by atoms with E-state index < -0.39 is 119 Å². The van der Waals surface area contributed by atoms with Crippen molar-refractivity contribution in [3.8, 4) is 0 Å². The van der Waals surface area contributed by atoms with E-state index in [2.05, 4.69) is 18.7 Å². The van der Waals surface area contributed by atoms with E-state index >= 15 is 0 Å². The zero-order valence-electron chi connectivity index (χ0n) is 23.8. The number of aliphatic carboxylic acids is 1. The molecule has 23 nitrogen and oxygen atoms in total. The average Bonchev–Trinajstić information content (AvgIpc) is 3.21. The van der Waals surface area contributed by atoms with Crippen LogP contribution in [-0.2, 0) is 41.6 Å². The maximum atomic E-state index is 12.8. The minimum Gasteiger partial charge on any atom is -0.477 e. The van der Waals surface area contributed by atoms with Crippen LogP contribution in [0.2, 0.25) is 0 Å². The van der Waals surface area contributed by atoms with E-state index in [9.17, 15) is 73.8 Å². The number of aliphatic hydroxyl groups is 6. The summed E-state index contributed by atoms with van der Waals surface area (Å²) in [5, 5.41) is 72.6. The predicted molar refractivity (Wildman–Crippen MR) is 142 cm³/mol. The van der Waals surface area contributed by atoms with Gasteiger partial charge in [0.2, 0.25) is 5.91 Å². The van der Waals surface area contributed by atoms with Gasteiger partial charge in [0.15, 0.2) is 6.23 Å². The molecule has 12 atom stereocenters. The smallest absolute Gasteiger partial charge is 0.477 e. The molecule has 25 heteroatoms. The first kappa shape index (κ1) is 38.0. The number of aryl methyl sites for hydroxylation is 1. The highest BCUT2D eigenvalue weighted by atomic mass is 31.3. The summed E-state index contributed by atoms with van der Waals surface area (Å²) in [6.07, 6.45) is -15.9. The van der Waals surface area contributed by atoms with Crippen molar-refractivity contribution in [3.63, 3.8) is 0 Å². The number of hydrogen-bond acceptors (Lipinski definition) is 17. The summed E-state index contributed by atoms with van der Waals surface area (Å²) in [7, 11) is -11.9. The Balaban J connectivity index is 1.77. The topological polar surface area (TPSA) is 363 Å². The van der Waals surface area contributed by atoms with E-state index in [0.717, 1.165) is 13.1 Å². The van der Waals surface area contributed by atoms with Gasteiger partial charge < -0.3 is 60.3 Å². The lowest BCUT2D eigenvalue weighted by Gasteiger charge is -2.46. The Morgan fingerprint density at radius 1 is 1.17 bits per heavy atom. The largest absolute Gasteiger partial charge is 0.484 e. The molecule has 2 aliphatic rings. The summed E-state index contributed by atoms with van der Waals surface area (Å²) in [5.41, 5.74) is -1.78. The summed E-state index contributed by atoms with van der Waals surface area (Å²) in [6.45, 7) is -0.0123. The van der Waals surface area contributed by atoms with Crippen LogP contribution in [0, 0.1) is 6.92 Å². The molecule has 2 aliphatic heterocycles. The van der Waals surface area contributed by atoms with Crippen molar-refractivity contribution in [1.29, 1.82) is 0 Å². The van der Waals surface area contributed by atoms with E-state index in [1.54, 1.807) is 0 Å². The van der Waals surface area contributed by atoms with Gasteiger partial charge in [-0.25, -0.2) is 23.2 Å². The molecule has 1 amide bonds. The molecule has 2 fully saturated rings. The average molecular weight is 709 g/mol. The molecule has 1 aromatic heterocycles. The number of aromatic nitrogens is 2. The number of carboxylic acids is 1. The van der Waals surface area contributed by atoms with Crippen molar-refractivity contribution in [3.05, 3.63) is 32.6 Å². The normalized spacial score (nSPS) is 33.8. The highest BCUT2D eigenvalue weighted by Crippen LogP contribution is 2.63. The molecule has 0 bridgehead atoms. The van der Waals surface area contributed by atoms with Gasteiger partial charge in [-0.15, -0.1) is 0 Å². The molecule has 0 radical (unpaired) electrons. The second-order valence-electron chi connectivity index (χ2n) is 10.3. The van der Waals surface area contributed by atoms with Gasteiger partial charge in [-0.05, 0) is 6.92 Å². The molecule has 262 valence electrons. The minimum atomic E-state index is -6.10. The van der Waals surface area contributed by atoms with Gasteiger partial charge in [0, 0.05) is 25.1 Å². The summed E-state index contributed by atoms with van der Waals surface area (Å²) in [4.78, 5) is 69.8. The Hall–Kier alpha value is -2.44. The second kappa shape index (κ2) is 14.4. The number of carbonyl (C=O) groups is 2. The number of carbonyl (C=O) groups excluding carboxylic acids is 1. The molecule has 3 rings (SSSR count). The molecule has 1 aromatic rings. The lowest BCUT2D eigenvalue weighted by Crippen LogP contribution is -2.67. The molecular formula is C21H33N3O20P2. The van der Waals surface area contributed by atoms with Crippen LogP contribution in [-0.4, -0.2) is 135 Å². The van der Waals surface area contributed by atoms with Gasteiger partial charge in [0.1, 0.15) is 36.6 Å². The first-order valence-corrected chi connectivity index (χ1v) is 16.0. The van der Waals surface area contributed by atoms with Crippen molar-refractivity contribution in [2.75, 3.05) is 13.2 Å². The van der Waals surface area contributed by atoms with Gasteiger partial charge in [-0.2, -0.15) is 4.31 Å². The van der Waals surface area contributed by atoms with Crippen LogP contribution in [0.5, 0.6) is 0 Å². The van der Waals surface area contributed by atoms with E-state index in [4.69, 9.17) is 9.47 Å². The summed E-state index contributed by atoms with van der Waals surface area (Å²) < 4.78 is 49.6. The van der Waals surface area contributed by atoms with Crippen molar-refractivity contribution in [2.45, 2.75) is 81.1 Å². The zero-order chi connectivity index (χ0) is 34.9. The molecule has 0 aromatic carbocycles. The number of H-pyrrole nitrogens is 1. The highest BCUT2D eigenvalue weighted by Gasteiger charge is 2.59. The number of hydrogen-bond donors (Lipinski definition) is 11. The third-order valence-corrected chi connectivity index (χ3v) is 9.47. The summed E-state index contributed by atoms with van der Waals surface area (Å²) in [6, 6.07) is -1.68. The lowest BCUT2D eigenvalue weighted by atomic mass is 9.88. The van der Waals surface area contributed by atoms with Crippen LogP contribution in [0.1, 0.15) is 25.1 Å². The van der Waals surface area contributed by atoms with Crippen molar-refractivity contribution < 1.29 is 87.1 Å². The number of carboxylic acid groups (broad SMARTS) is 1. The second-order valence-corrected chi connectivity index (χ2v) is 13.3. The summed E-state index contributed by atoms with van der Waals surface area (Å²) >= 11 is 0. The Morgan fingerprint density at radius 2 is 1.80 bits per heavy atom. The zero-order valence-corrected chi connectivity index (χ0v) is 25.5. The highest BCUT2D eigenvalue weighted by molar-refractivity contribution is 7.61. The van der Waals surface area contributed by atoms with Gasteiger partial charge in [-0.1, -0.05) is 0 Å². The first-order chi connectivity index (χ1) is 21.1. The summed E-state index contributed by atoms with van der Waals surface area (Å²) in [5.74, 6) is -6.55. The molecule has 3 unspecified atom stereocenters. The Labute approximate surface area is 256 Å². The number of nitrogens with one attached hydrogen (secondary N) is 2. The van der Waals surface area contributed by atoms with Crippen molar-refractivity contribution >= 4 is 27.5 Å². The minimum absolute atomic E-state index is 0.0150.